The van der Waals surface area contributed by atoms with Crippen LogP contribution in [0.5, 0.6) is 5.75 Å². The molecule has 0 aliphatic carbocycles. The van der Waals surface area contributed by atoms with Crippen LogP contribution in [0.15, 0.2) is 65.6 Å². The van der Waals surface area contributed by atoms with E-state index < -0.39 is 15.9 Å². The summed E-state index contributed by atoms with van der Waals surface area (Å²) in [6.45, 7) is 0.213. The number of nitrogens with one attached hydrogen (secondary N) is 1. The van der Waals surface area contributed by atoms with Crippen molar-refractivity contribution in [3.05, 3.63) is 71.8 Å². The maximum atomic E-state index is 13.1. The lowest BCUT2D eigenvalue weighted by atomic mass is 10.0. The van der Waals surface area contributed by atoms with Crippen molar-refractivity contribution in [3.8, 4) is 5.75 Å². The van der Waals surface area contributed by atoms with Gasteiger partial charge in [-0.3, -0.25) is 4.79 Å². The van der Waals surface area contributed by atoms with Gasteiger partial charge >= 0.3 is 0 Å². The van der Waals surface area contributed by atoms with Gasteiger partial charge in [-0.05, 0) is 34.5 Å². The Bertz CT molecular complexity index is 1120. The van der Waals surface area contributed by atoms with Crippen molar-refractivity contribution in [1.82, 2.24) is 9.62 Å². The van der Waals surface area contributed by atoms with Crippen LogP contribution in [0.2, 0.25) is 0 Å². The molecule has 1 amide bonds. The predicted molar refractivity (Wildman–Crippen MR) is 109 cm³/mol. The lowest BCUT2D eigenvalue weighted by Gasteiger charge is -2.19. The van der Waals surface area contributed by atoms with E-state index in [9.17, 15) is 13.2 Å². The van der Waals surface area contributed by atoms with Gasteiger partial charge in [0.05, 0.1) is 17.6 Å². The van der Waals surface area contributed by atoms with Crippen molar-refractivity contribution in [2.24, 2.45) is 0 Å². The zero-order valence-corrected chi connectivity index (χ0v) is 16.8. The zero-order chi connectivity index (χ0) is 20.3. The molecule has 3 rings (SSSR count). The molecule has 7 heteroatoms. The van der Waals surface area contributed by atoms with E-state index in [1.807, 2.05) is 42.5 Å². The summed E-state index contributed by atoms with van der Waals surface area (Å²) < 4.78 is 32.6. The molecule has 0 aliphatic rings. The van der Waals surface area contributed by atoms with E-state index in [0.29, 0.717) is 5.75 Å². The van der Waals surface area contributed by atoms with Crippen LogP contribution in [0.1, 0.15) is 15.9 Å². The van der Waals surface area contributed by atoms with Crippen LogP contribution in [-0.2, 0) is 16.6 Å². The minimum atomic E-state index is -3.80. The largest absolute Gasteiger partial charge is 0.496 e. The highest BCUT2D eigenvalue weighted by molar-refractivity contribution is 7.89. The Hall–Kier alpha value is -2.90. The van der Waals surface area contributed by atoms with E-state index >= 15 is 0 Å². The average molecular weight is 398 g/mol. The first kappa shape index (κ1) is 19.9. The van der Waals surface area contributed by atoms with Gasteiger partial charge in [0.2, 0.25) is 10.0 Å². The molecule has 0 unspecified atom stereocenters. The van der Waals surface area contributed by atoms with Crippen molar-refractivity contribution < 1.29 is 17.9 Å². The van der Waals surface area contributed by atoms with Crippen LogP contribution in [0.3, 0.4) is 0 Å². The number of rotatable bonds is 6. The monoisotopic (exact) mass is 398 g/mol. The Morgan fingerprint density at radius 3 is 2.50 bits per heavy atom. The van der Waals surface area contributed by atoms with Gasteiger partial charge in [0.1, 0.15) is 5.75 Å². The van der Waals surface area contributed by atoms with Gasteiger partial charge < -0.3 is 10.1 Å². The standard InChI is InChI=1S/C21H22N2O4S/c1-22-21(24)19-13-17(11-12-20(19)27-3)28(25,26)23(2)14-16-9-6-8-15-7-4-5-10-18(15)16/h4-13H,14H2,1-3H3,(H,22,24). The summed E-state index contributed by atoms with van der Waals surface area (Å²) in [7, 11) is 0.646. The Kier molecular flexibility index (Phi) is 5.67. The number of sulfonamides is 1. The molecule has 0 saturated carbocycles. The van der Waals surface area contributed by atoms with Gasteiger partial charge in [-0.25, -0.2) is 8.42 Å². The zero-order valence-electron chi connectivity index (χ0n) is 16.0. The van der Waals surface area contributed by atoms with E-state index in [2.05, 4.69) is 5.32 Å². The Morgan fingerprint density at radius 1 is 1.07 bits per heavy atom. The van der Waals surface area contributed by atoms with Gasteiger partial charge in [0, 0.05) is 20.6 Å². The second-order valence-electron chi connectivity index (χ2n) is 6.34. The Balaban J connectivity index is 1.97. The molecule has 0 radical (unpaired) electrons. The third kappa shape index (κ3) is 3.72. The summed E-state index contributed by atoms with van der Waals surface area (Å²) in [6, 6.07) is 17.9. The third-order valence-corrected chi connectivity index (χ3v) is 6.42. The van der Waals surface area contributed by atoms with E-state index in [4.69, 9.17) is 4.74 Å². The molecule has 28 heavy (non-hydrogen) atoms. The molecule has 0 heterocycles. The number of carbonyl (C=O) groups excluding carboxylic acids is 1. The molecule has 0 spiro atoms. The Labute approximate surface area is 164 Å². The number of nitrogens with zero attached hydrogens (tertiary/aromatic N) is 1. The van der Waals surface area contributed by atoms with Crippen LogP contribution >= 0.6 is 0 Å². The SMILES string of the molecule is CNC(=O)c1cc(S(=O)(=O)N(C)Cc2cccc3ccccc23)ccc1OC. The molecule has 146 valence electrons. The predicted octanol–water partition coefficient (Wildman–Crippen LogP) is 3.03. The quantitative estimate of drug-likeness (QED) is 0.693. The fourth-order valence-corrected chi connectivity index (χ4v) is 4.27. The van der Waals surface area contributed by atoms with E-state index in [1.165, 1.54) is 43.7 Å². The summed E-state index contributed by atoms with van der Waals surface area (Å²) in [5, 5.41) is 4.56. The fraction of sp³-hybridized carbons (Fsp3) is 0.190. The number of methoxy groups -OCH3 is 1. The van der Waals surface area contributed by atoms with Gasteiger partial charge in [-0.2, -0.15) is 4.31 Å². The third-order valence-electron chi connectivity index (χ3n) is 4.62. The molecule has 0 saturated heterocycles. The molecule has 0 aromatic heterocycles. The van der Waals surface area contributed by atoms with Gasteiger partial charge in [-0.15, -0.1) is 0 Å². The molecule has 1 N–H and O–H groups in total. The van der Waals surface area contributed by atoms with E-state index in [1.54, 1.807) is 0 Å². The molecule has 6 nitrogen and oxygen atoms in total. The van der Waals surface area contributed by atoms with Gasteiger partial charge in [0.25, 0.3) is 5.91 Å². The van der Waals surface area contributed by atoms with E-state index in [0.717, 1.165) is 16.3 Å². The highest BCUT2D eigenvalue weighted by Gasteiger charge is 2.24. The average Bonchev–Trinajstić information content (AvgIpc) is 2.72. The first-order valence-electron chi connectivity index (χ1n) is 8.71. The normalized spacial score (nSPS) is 11.6. The second-order valence-corrected chi connectivity index (χ2v) is 8.39. The van der Waals surface area contributed by atoms with Gasteiger partial charge in [0.15, 0.2) is 0 Å². The fourth-order valence-electron chi connectivity index (χ4n) is 3.09. The lowest BCUT2D eigenvalue weighted by Crippen LogP contribution is -2.27. The van der Waals surface area contributed by atoms with Crippen molar-refractivity contribution in [2.75, 3.05) is 21.2 Å². The maximum Gasteiger partial charge on any atom is 0.254 e. The van der Waals surface area contributed by atoms with Crippen LogP contribution in [-0.4, -0.2) is 39.8 Å². The number of amides is 1. The molecular formula is C21H22N2O4S. The summed E-state index contributed by atoms with van der Waals surface area (Å²) in [5.74, 6) is -0.0967. The highest BCUT2D eigenvalue weighted by Crippen LogP contribution is 2.26. The first-order valence-corrected chi connectivity index (χ1v) is 10.2. The minimum Gasteiger partial charge on any atom is -0.496 e. The molecule has 0 aliphatic heterocycles. The van der Waals surface area contributed by atoms with Crippen molar-refractivity contribution >= 4 is 26.7 Å². The molecule has 0 atom stereocenters. The number of hydrogen-bond donors (Lipinski definition) is 1. The summed E-state index contributed by atoms with van der Waals surface area (Å²) in [4.78, 5) is 12.1. The van der Waals surface area contributed by atoms with Crippen molar-refractivity contribution in [1.29, 1.82) is 0 Å². The molecule has 0 fully saturated rings. The number of fused-ring (bicyclic) bond motifs is 1. The number of ether oxygens (including phenoxy) is 1. The summed E-state index contributed by atoms with van der Waals surface area (Å²) in [6.07, 6.45) is 0. The van der Waals surface area contributed by atoms with Crippen LogP contribution < -0.4 is 10.1 Å². The molecule has 3 aromatic rings. The summed E-state index contributed by atoms with van der Waals surface area (Å²) in [5.41, 5.74) is 1.08. The molecule has 0 bridgehead atoms. The second kappa shape index (κ2) is 8.00. The highest BCUT2D eigenvalue weighted by atomic mass is 32.2. The van der Waals surface area contributed by atoms with Crippen LogP contribution in [0.25, 0.3) is 10.8 Å². The molecule has 3 aromatic carbocycles. The van der Waals surface area contributed by atoms with Crippen molar-refractivity contribution in [3.63, 3.8) is 0 Å². The van der Waals surface area contributed by atoms with E-state index in [-0.39, 0.29) is 17.0 Å². The number of hydrogen-bond acceptors (Lipinski definition) is 4. The molecular weight excluding hydrogens is 376 g/mol. The Morgan fingerprint density at radius 2 is 1.79 bits per heavy atom. The maximum absolute atomic E-state index is 13.1. The topological polar surface area (TPSA) is 75.7 Å². The number of carbonyl (C=O) groups is 1. The minimum absolute atomic E-state index is 0.0367. The van der Waals surface area contributed by atoms with Crippen molar-refractivity contribution in [2.45, 2.75) is 11.4 Å². The smallest absolute Gasteiger partial charge is 0.254 e. The van der Waals surface area contributed by atoms with Crippen LogP contribution in [0.4, 0.5) is 0 Å². The first-order chi connectivity index (χ1) is 13.4. The lowest BCUT2D eigenvalue weighted by molar-refractivity contribution is 0.0960. The van der Waals surface area contributed by atoms with Gasteiger partial charge in [-0.1, -0.05) is 42.5 Å². The van der Waals surface area contributed by atoms with Crippen LogP contribution in [0, 0.1) is 0 Å². The summed E-state index contributed by atoms with van der Waals surface area (Å²) >= 11 is 0. The number of benzene rings is 3.